The van der Waals surface area contributed by atoms with Crippen molar-refractivity contribution in [3.63, 3.8) is 0 Å². The molecule has 7 unspecified atom stereocenters. The van der Waals surface area contributed by atoms with E-state index in [2.05, 4.69) is 39.9 Å². The van der Waals surface area contributed by atoms with Crippen molar-refractivity contribution in [3.8, 4) is 0 Å². The third-order valence-corrected chi connectivity index (χ3v) is 12.7. The highest BCUT2D eigenvalue weighted by atomic mass is 16.4. The van der Waals surface area contributed by atoms with Gasteiger partial charge in [-0.25, -0.2) is 4.79 Å². The van der Waals surface area contributed by atoms with Gasteiger partial charge in [-0.15, -0.1) is 0 Å². The van der Waals surface area contributed by atoms with Crippen LogP contribution in [0.15, 0.2) is 0 Å². The van der Waals surface area contributed by atoms with Crippen LogP contribution in [0.2, 0.25) is 0 Å². The molecule has 9 atom stereocenters. The number of nitrogens with one attached hydrogen (secondary N) is 1. The highest BCUT2D eigenvalue weighted by molar-refractivity contribution is 5.66. The Morgan fingerprint density at radius 1 is 0.774 bits per heavy atom. The predicted octanol–water partition coefficient (Wildman–Crippen LogP) is 6.22. The molecule has 4 heteroatoms. The zero-order valence-corrected chi connectivity index (χ0v) is 20.5. The molecule has 1 amide bonds. The van der Waals surface area contributed by atoms with Crippen molar-refractivity contribution in [1.82, 2.24) is 5.32 Å². The molecule has 176 valence electrons. The fourth-order valence-electron chi connectivity index (χ4n) is 11.0. The van der Waals surface area contributed by atoms with Gasteiger partial charge in [0.1, 0.15) is 0 Å². The number of fused-ring (bicyclic) bond motifs is 7. The Bertz CT molecular complexity index is 766. The molecule has 0 aromatic carbocycles. The van der Waals surface area contributed by atoms with Gasteiger partial charge in [-0.2, -0.15) is 0 Å². The van der Waals surface area contributed by atoms with Gasteiger partial charge in [0.05, 0.1) is 6.10 Å². The largest absolute Gasteiger partial charge is 0.465 e. The SMILES string of the molecule is CC1(C)C(O)CCC2(C)C1CCC1(C)C2CCC2[C@H]3CCCC3(NC(=O)O)CC[C@]21C. The Kier molecular flexibility index (Phi) is 4.72. The first-order chi connectivity index (χ1) is 14.4. The molecule has 31 heavy (non-hydrogen) atoms. The second kappa shape index (κ2) is 6.64. The van der Waals surface area contributed by atoms with E-state index in [9.17, 15) is 15.0 Å². The Balaban J connectivity index is 1.51. The molecule has 0 aromatic rings. The van der Waals surface area contributed by atoms with Crippen LogP contribution >= 0.6 is 0 Å². The fraction of sp³-hybridized carbons (Fsp3) is 0.963. The Morgan fingerprint density at radius 3 is 2.23 bits per heavy atom. The van der Waals surface area contributed by atoms with Crippen LogP contribution in [0.3, 0.4) is 0 Å². The van der Waals surface area contributed by atoms with Crippen molar-refractivity contribution in [2.45, 2.75) is 117 Å². The third kappa shape index (κ3) is 2.66. The Hall–Kier alpha value is -0.770. The van der Waals surface area contributed by atoms with Crippen LogP contribution in [-0.2, 0) is 0 Å². The lowest BCUT2D eigenvalue weighted by Gasteiger charge is -2.72. The van der Waals surface area contributed by atoms with E-state index in [1.54, 1.807) is 0 Å². The summed E-state index contributed by atoms with van der Waals surface area (Å²) in [6.07, 6.45) is 11.7. The standard InChI is InChI=1S/C27H45NO3/c1-23(2)19-10-14-26(5)20(24(19,3)13-11-21(23)29)9-8-17-18-7-6-12-27(18,28-22(30)31)16-15-25(17,26)4/h17-21,28-29H,6-16H2,1-5H3,(H,30,31)/t17?,18-,19?,20?,21?,24?,25-,26?,27?/m1/s1. The monoisotopic (exact) mass is 431 g/mol. The zero-order valence-electron chi connectivity index (χ0n) is 20.5. The van der Waals surface area contributed by atoms with Gasteiger partial charge in [0.2, 0.25) is 0 Å². The number of amides is 1. The Labute approximate surface area is 188 Å². The van der Waals surface area contributed by atoms with Crippen LogP contribution in [0.1, 0.15) is 105 Å². The maximum atomic E-state index is 11.7. The normalized spacial score (nSPS) is 55.4. The minimum absolute atomic E-state index is 0.00463. The molecule has 0 spiro atoms. The summed E-state index contributed by atoms with van der Waals surface area (Å²) in [5.41, 5.74) is 0.759. The number of aliphatic hydroxyl groups excluding tert-OH is 1. The van der Waals surface area contributed by atoms with Gasteiger partial charge < -0.3 is 15.5 Å². The molecule has 5 fully saturated rings. The minimum Gasteiger partial charge on any atom is -0.465 e. The first kappa shape index (κ1) is 22.0. The highest BCUT2D eigenvalue weighted by Gasteiger charge is 2.70. The second-order valence-electron chi connectivity index (χ2n) is 13.6. The van der Waals surface area contributed by atoms with E-state index >= 15 is 0 Å². The molecule has 5 rings (SSSR count). The van der Waals surface area contributed by atoms with Gasteiger partial charge in [-0.3, -0.25) is 0 Å². The van der Waals surface area contributed by atoms with Gasteiger partial charge in [0, 0.05) is 5.54 Å². The smallest absolute Gasteiger partial charge is 0.405 e. The van der Waals surface area contributed by atoms with Crippen molar-refractivity contribution >= 4 is 6.09 Å². The lowest BCUT2D eigenvalue weighted by molar-refractivity contribution is -0.241. The van der Waals surface area contributed by atoms with Gasteiger partial charge >= 0.3 is 6.09 Å². The fourth-order valence-corrected chi connectivity index (χ4v) is 11.0. The molecule has 0 heterocycles. The summed E-state index contributed by atoms with van der Waals surface area (Å²) in [7, 11) is 0. The summed E-state index contributed by atoms with van der Waals surface area (Å²) in [4.78, 5) is 11.7. The molecule has 0 aliphatic heterocycles. The van der Waals surface area contributed by atoms with Crippen LogP contribution in [0.5, 0.6) is 0 Å². The number of carboxylic acid groups (broad SMARTS) is 1. The second-order valence-corrected chi connectivity index (χ2v) is 13.6. The molecule has 0 radical (unpaired) electrons. The molecule has 5 saturated carbocycles. The van der Waals surface area contributed by atoms with Gasteiger partial charge in [-0.05, 0) is 110 Å². The molecular weight excluding hydrogens is 386 g/mol. The van der Waals surface area contributed by atoms with E-state index in [0.717, 1.165) is 32.1 Å². The maximum Gasteiger partial charge on any atom is 0.405 e. The third-order valence-electron chi connectivity index (χ3n) is 12.7. The molecule has 4 nitrogen and oxygen atoms in total. The summed E-state index contributed by atoms with van der Waals surface area (Å²) in [5, 5.41) is 23.5. The summed E-state index contributed by atoms with van der Waals surface area (Å²) < 4.78 is 0. The van der Waals surface area contributed by atoms with Gasteiger partial charge in [0.25, 0.3) is 0 Å². The van der Waals surface area contributed by atoms with E-state index in [1.807, 2.05) is 0 Å². The van der Waals surface area contributed by atoms with Crippen LogP contribution in [-0.4, -0.2) is 27.9 Å². The molecule has 0 aromatic heterocycles. The zero-order chi connectivity index (χ0) is 22.4. The van der Waals surface area contributed by atoms with E-state index in [-0.39, 0.29) is 17.1 Å². The van der Waals surface area contributed by atoms with Crippen LogP contribution in [0.25, 0.3) is 0 Å². The number of carbonyl (C=O) groups is 1. The quantitative estimate of drug-likeness (QED) is 0.461. The van der Waals surface area contributed by atoms with Crippen LogP contribution < -0.4 is 5.32 Å². The minimum atomic E-state index is -0.827. The van der Waals surface area contributed by atoms with Crippen LogP contribution in [0.4, 0.5) is 4.79 Å². The summed E-state index contributed by atoms with van der Waals surface area (Å²) in [6, 6.07) is 0. The van der Waals surface area contributed by atoms with Crippen molar-refractivity contribution in [3.05, 3.63) is 0 Å². The summed E-state index contributed by atoms with van der Waals surface area (Å²) >= 11 is 0. The van der Waals surface area contributed by atoms with Crippen molar-refractivity contribution in [2.24, 2.45) is 45.3 Å². The van der Waals surface area contributed by atoms with Crippen molar-refractivity contribution in [1.29, 1.82) is 0 Å². The van der Waals surface area contributed by atoms with Crippen LogP contribution in [0, 0.1) is 45.3 Å². The first-order valence-corrected chi connectivity index (χ1v) is 13.1. The summed E-state index contributed by atoms with van der Waals surface area (Å²) in [6.45, 7) is 12.4. The van der Waals surface area contributed by atoms with E-state index in [4.69, 9.17) is 0 Å². The molecule has 5 aliphatic carbocycles. The highest BCUT2D eigenvalue weighted by Crippen LogP contribution is 2.75. The lowest BCUT2D eigenvalue weighted by atomic mass is 9.33. The average molecular weight is 432 g/mol. The molecule has 3 N–H and O–H groups in total. The van der Waals surface area contributed by atoms with Gasteiger partial charge in [0.15, 0.2) is 0 Å². The number of aliphatic hydroxyl groups is 1. The number of hydrogen-bond donors (Lipinski definition) is 3. The maximum absolute atomic E-state index is 11.7. The number of hydrogen-bond acceptors (Lipinski definition) is 2. The molecular formula is C27H45NO3. The Morgan fingerprint density at radius 2 is 1.52 bits per heavy atom. The average Bonchev–Trinajstić information content (AvgIpc) is 3.09. The molecule has 0 saturated heterocycles. The molecule has 5 aliphatic rings. The van der Waals surface area contributed by atoms with E-state index in [0.29, 0.717) is 39.9 Å². The first-order valence-electron chi connectivity index (χ1n) is 13.1. The summed E-state index contributed by atoms with van der Waals surface area (Å²) in [5.74, 6) is 2.47. The van der Waals surface area contributed by atoms with E-state index in [1.165, 1.54) is 38.5 Å². The van der Waals surface area contributed by atoms with Crippen molar-refractivity contribution < 1.29 is 15.0 Å². The predicted molar refractivity (Wildman–Crippen MR) is 123 cm³/mol. The topological polar surface area (TPSA) is 69.6 Å². The van der Waals surface area contributed by atoms with Gasteiger partial charge in [-0.1, -0.05) is 41.0 Å². The number of rotatable bonds is 1. The lowest BCUT2D eigenvalue weighted by Crippen LogP contribution is -2.68. The molecule has 0 bridgehead atoms. The van der Waals surface area contributed by atoms with Crippen molar-refractivity contribution in [2.75, 3.05) is 0 Å². The van der Waals surface area contributed by atoms with E-state index < -0.39 is 6.09 Å².